The topological polar surface area (TPSA) is 93.5 Å². The molecule has 0 spiro atoms. The third-order valence-corrected chi connectivity index (χ3v) is 5.81. The van der Waals surface area contributed by atoms with E-state index >= 15 is 0 Å². The second-order valence-corrected chi connectivity index (χ2v) is 11.7. The van der Waals surface area contributed by atoms with Crippen LogP contribution >= 0.6 is 0 Å². The van der Waals surface area contributed by atoms with Crippen LogP contribution in [-0.2, 0) is 25.4 Å². The third-order valence-electron chi connectivity index (χ3n) is 4.93. The van der Waals surface area contributed by atoms with Gasteiger partial charge >= 0.3 is 0 Å². The maximum absolute atomic E-state index is 12.6. The number of hydrogen-bond donors (Lipinski definition) is 1. The van der Waals surface area contributed by atoms with Gasteiger partial charge in [0.05, 0.1) is 18.1 Å². The lowest BCUT2D eigenvalue weighted by Crippen LogP contribution is -2.51. The van der Waals surface area contributed by atoms with Crippen LogP contribution in [0.5, 0.6) is 0 Å². The molecule has 1 aliphatic rings. The Balaban J connectivity index is 2.42. The van der Waals surface area contributed by atoms with Crippen molar-refractivity contribution in [2.75, 3.05) is 6.54 Å². The number of rotatable bonds is 6. The van der Waals surface area contributed by atoms with Gasteiger partial charge in [0.25, 0.3) is 5.91 Å². The van der Waals surface area contributed by atoms with Gasteiger partial charge in [-0.1, -0.05) is 34.6 Å². The standard InChI is InChI=1S/C21H34N4O4Si/c1-13(2)19-15(9-16-20(28)25(14(3)26)11-18(27)23-16)22-12-24(19)10-17(21(4,5)6)29-30(7)8/h9,12-13,17,30H,10-11H2,1-8H3,(H,23,27)/b16-9-. The van der Waals surface area contributed by atoms with E-state index in [2.05, 4.69) is 62.6 Å². The Morgan fingerprint density at radius 3 is 2.47 bits per heavy atom. The van der Waals surface area contributed by atoms with Crippen LogP contribution in [0.25, 0.3) is 6.08 Å². The van der Waals surface area contributed by atoms with Gasteiger partial charge in [0.15, 0.2) is 9.04 Å². The van der Waals surface area contributed by atoms with Crippen LogP contribution in [-0.4, -0.2) is 53.9 Å². The highest BCUT2D eigenvalue weighted by Gasteiger charge is 2.32. The van der Waals surface area contributed by atoms with Gasteiger partial charge in [-0.05, 0) is 30.5 Å². The molecule has 2 heterocycles. The fourth-order valence-electron chi connectivity index (χ4n) is 3.41. The fraction of sp³-hybridized carbons (Fsp3) is 0.619. The van der Waals surface area contributed by atoms with E-state index in [0.29, 0.717) is 12.2 Å². The van der Waals surface area contributed by atoms with Crippen molar-refractivity contribution in [3.8, 4) is 0 Å². The Morgan fingerprint density at radius 2 is 1.97 bits per heavy atom. The molecule has 0 aliphatic carbocycles. The smallest absolute Gasteiger partial charge is 0.277 e. The lowest BCUT2D eigenvalue weighted by Gasteiger charge is -2.33. The molecule has 1 atom stereocenters. The van der Waals surface area contributed by atoms with Gasteiger partial charge in [-0.3, -0.25) is 19.3 Å². The van der Waals surface area contributed by atoms with Crippen LogP contribution in [0.3, 0.4) is 0 Å². The largest absolute Gasteiger partial charge is 0.415 e. The number of carbonyl (C=O) groups excluding carboxylic acids is 3. The summed E-state index contributed by atoms with van der Waals surface area (Å²) in [6.07, 6.45) is 3.34. The zero-order valence-corrected chi connectivity index (χ0v) is 20.4. The summed E-state index contributed by atoms with van der Waals surface area (Å²) < 4.78 is 8.37. The minimum Gasteiger partial charge on any atom is -0.415 e. The number of nitrogens with zero attached hydrogens (tertiary/aromatic N) is 3. The number of amides is 3. The number of aromatic nitrogens is 2. The summed E-state index contributed by atoms with van der Waals surface area (Å²) in [5.74, 6) is -1.24. The van der Waals surface area contributed by atoms with E-state index in [-0.39, 0.29) is 29.7 Å². The highest BCUT2D eigenvalue weighted by Crippen LogP contribution is 2.28. The molecule has 1 aromatic heterocycles. The predicted molar refractivity (Wildman–Crippen MR) is 118 cm³/mol. The average Bonchev–Trinajstić information content (AvgIpc) is 2.98. The lowest BCUT2D eigenvalue weighted by molar-refractivity contribution is -0.147. The monoisotopic (exact) mass is 434 g/mol. The molecular formula is C21H34N4O4Si. The van der Waals surface area contributed by atoms with Gasteiger partial charge in [0.2, 0.25) is 11.8 Å². The molecule has 1 saturated heterocycles. The second-order valence-electron chi connectivity index (χ2n) is 9.38. The Morgan fingerprint density at radius 1 is 1.33 bits per heavy atom. The molecule has 1 aliphatic heterocycles. The molecule has 0 bridgehead atoms. The highest BCUT2D eigenvalue weighted by atomic mass is 28.3. The molecule has 3 amide bonds. The van der Waals surface area contributed by atoms with Gasteiger partial charge in [-0.2, -0.15) is 0 Å². The van der Waals surface area contributed by atoms with E-state index < -0.39 is 26.8 Å². The number of nitrogens with one attached hydrogen (secondary N) is 1. The molecule has 166 valence electrons. The van der Waals surface area contributed by atoms with Gasteiger partial charge in [-0.25, -0.2) is 4.98 Å². The molecule has 1 N–H and O–H groups in total. The number of hydrogen-bond acceptors (Lipinski definition) is 5. The lowest BCUT2D eigenvalue weighted by atomic mass is 9.89. The maximum atomic E-state index is 12.6. The van der Waals surface area contributed by atoms with Crippen LogP contribution in [0.2, 0.25) is 13.1 Å². The van der Waals surface area contributed by atoms with E-state index in [9.17, 15) is 14.4 Å². The number of piperazine rings is 1. The quantitative estimate of drug-likeness (QED) is 0.548. The van der Waals surface area contributed by atoms with Crippen LogP contribution in [0.1, 0.15) is 58.8 Å². The van der Waals surface area contributed by atoms with E-state index in [0.717, 1.165) is 10.6 Å². The molecule has 9 heteroatoms. The zero-order chi connectivity index (χ0) is 22.8. The summed E-state index contributed by atoms with van der Waals surface area (Å²) in [5, 5.41) is 2.58. The van der Waals surface area contributed by atoms with Crippen molar-refractivity contribution in [3.63, 3.8) is 0 Å². The first-order chi connectivity index (χ1) is 13.8. The van der Waals surface area contributed by atoms with Crippen molar-refractivity contribution in [1.82, 2.24) is 19.8 Å². The maximum Gasteiger partial charge on any atom is 0.277 e. The van der Waals surface area contributed by atoms with E-state index in [4.69, 9.17) is 4.43 Å². The zero-order valence-electron chi connectivity index (χ0n) is 19.3. The first-order valence-corrected chi connectivity index (χ1v) is 13.1. The molecule has 2 rings (SSSR count). The molecule has 1 aromatic rings. The molecule has 0 radical (unpaired) electrons. The van der Waals surface area contributed by atoms with Crippen LogP contribution in [0.15, 0.2) is 12.0 Å². The Hall–Kier alpha value is -2.26. The SMILES string of the molecule is CC(=O)N1CC(=O)N/C(=C\c2ncn(CC(O[SiH](C)C)C(C)(C)C)c2C(C)C)C1=O. The molecule has 1 unspecified atom stereocenters. The van der Waals surface area contributed by atoms with Gasteiger partial charge < -0.3 is 14.3 Å². The summed E-state index contributed by atoms with van der Waals surface area (Å²) in [6, 6.07) is 0. The molecule has 0 saturated carbocycles. The second kappa shape index (κ2) is 9.26. The average molecular weight is 435 g/mol. The molecule has 30 heavy (non-hydrogen) atoms. The van der Waals surface area contributed by atoms with Crippen LogP contribution in [0.4, 0.5) is 0 Å². The minimum absolute atomic E-state index is 0.0283. The molecule has 0 aromatic carbocycles. The van der Waals surface area contributed by atoms with E-state index in [1.165, 1.54) is 6.92 Å². The number of imidazole rings is 1. The summed E-state index contributed by atoms with van der Waals surface area (Å²) in [5.41, 5.74) is 1.58. The van der Waals surface area contributed by atoms with Crippen molar-refractivity contribution >= 4 is 32.8 Å². The Bertz CT molecular complexity index is 852. The Labute approximate surface area is 180 Å². The third kappa shape index (κ3) is 5.66. The minimum atomic E-state index is -1.24. The normalized spacial score (nSPS) is 17.8. The predicted octanol–water partition coefficient (Wildman–Crippen LogP) is 2.27. The molecule has 8 nitrogen and oxygen atoms in total. The highest BCUT2D eigenvalue weighted by molar-refractivity contribution is 6.48. The van der Waals surface area contributed by atoms with Crippen molar-refractivity contribution in [2.24, 2.45) is 5.41 Å². The van der Waals surface area contributed by atoms with Crippen molar-refractivity contribution < 1.29 is 18.8 Å². The van der Waals surface area contributed by atoms with Crippen molar-refractivity contribution in [3.05, 3.63) is 23.4 Å². The van der Waals surface area contributed by atoms with E-state index in [1.54, 1.807) is 12.4 Å². The van der Waals surface area contributed by atoms with Crippen molar-refractivity contribution in [1.29, 1.82) is 0 Å². The van der Waals surface area contributed by atoms with Gasteiger partial charge in [0.1, 0.15) is 12.2 Å². The van der Waals surface area contributed by atoms with E-state index in [1.807, 2.05) is 0 Å². The number of imide groups is 1. The summed E-state index contributed by atoms with van der Waals surface area (Å²) in [6.45, 7) is 16.6. The van der Waals surface area contributed by atoms with Gasteiger partial charge in [0, 0.05) is 19.2 Å². The summed E-state index contributed by atoms with van der Waals surface area (Å²) in [4.78, 5) is 41.7. The van der Waals surface area contributed by atoms with Crippen LogP contribution in [0, 0.1) is 5.41 Å². The van der Waals surface area contributed by atoms with Crippen molar-refractivity contribution in [2.45, 2.75) is 73.2 Å². The van der Waals surface area contributed by atoms with Gasteiger partial charge in [-0.15, -0.1) is 0 Å². The van der Waals surface area contributed by atoms with Crippen LogP contribution < -0.4 is 5.32 Å². The Kier molecular flexibility index (Phi) is 7.41. The molecule has 1 fully saturated rings. The summed E-state index contributed by atoms with van der Waals surface area (Å²) >= 11 is 0. The molecular weight excluding hydrogens is 400 g/mol. The first-order valence-electron chi connectivity index (χ1n) is 10.4. The first kappa shape index (κ1) is 24.0. The summed E-state index contributed by atoms with van der Waals surface area (Å²) in [7, 11) is -1.24. The number of carbonyl (C=O) groups is 3. The fourth-order valence-corrected chi connectivity index (χ4v) is 4.56.